The van der Waals surface area contributed by atoms with E-state index >= 15 is 0 Å². The van der Waals surface area contributed by atoms with Crippen molar-refractivity contribution in [1.29, 1.82) is 0 Å². The van der Waals surface area contributed by atoms with Gasteiger partial charge in [-0.15, -0.1) is 0 Å². The first-order valence-corrected chi connectivity index (χ1v) is 8.49. The Bertz CT molecular complexity index is 636. The Morgan fingerprint density at radius 2 is 1.59 bits per heavy atom. The van der Waals surface area contributed by atoms with E-state index in [1.54, 1.807) is 11.5 Å². The van der Waals surface area contributed by atoms with Crippen LogP contribution in [0.5, 0.6) is 0 Å². The van der Waals surface area contributed by atoms with Crippen molar-refractivity contribution >= 4 is 33.2 Å². The molecule has 0 fully saturated rings. The Hall–Kier alpha value is -1.24. The van der Waals surface area contributed by atoms with E-state index in [-0.39, 0.29) is 5.75 Å². The molecule has 22 heavy (non-hydrogen) atoms. The van der Waals surface area contributed by atoms with Gasteiger partial charge in [-0.2, -0.15) is 13.2 Å². The second kappa shape index (κ2) is 7.35. The van der Waals surface area contributed by atoms with Crippen molar-refractivity contribution in [2.24, 2.45) is 0 Å². The summed E-state index contributed by atoms with van der Waals surface area (Å²) in [4.78, 5) is 0. The van der Waals surface area contributed by atoms with Crippen LogP contribution < -0.4 is 0 Å². The molecule has 2 rings (SSSR count). The van der Waals surface area contributed by atoms with Gasteiger partial charge in [0.15, 0.2) is 0 Å². The summed E-state index contributed by atoms with van der Waals surface area (Å²) in [5, 5.41) is 1.54. The van der Waals surface area contributed by atoms with Gasteiger partial charge in [-0.3, -0.25) is 0 Å². The van der Waals surface area contributed by atoms with Crippen LogP contribution in [0, 0.1) is 0 Å². The molecule has 0 spiro atoms. The highest BCUT2D eigenvalue weighted by atomic mass is 79.9. The molecule has 1 nitrogen and oxygen atoms in total. The Morgan fingerprint density at radius 1 is 1.00 bits per heavy atom. The Balaban J connectivity index is 1.97. The van der Waals surface area contributed by atoms with Gasteiger partial charge < -0.3 is 4.55 Å². The maximum absolute atomic E-state index is 12.4. The normalized spacial score (nSPS) is 13.5. The van der Waals surface area contributed by atoms with Crippen molar-refractivity contribution in [3.8, 4) is 0 Å². The van der Waals surface area contributed by atoms with Gasteiger partial charge in [0, 0.05) is 10.0 Å². The van der Waals surface area contributed by atoms with Gasteiger partial charge >= 0.3 is 6.18 Å². The predicted molar refractivity (Wildman–Crippen MR) is 86.5 cm³/mol. The summed E-state index contributed by atoms with van der Waals surface area (Å²) in [6.07, 6.45) is -2.62. The highest BCUT2D eigenvalue weighted by Crippen LogP contribution is 2.29. The van der Waals surface area contributed by atoms with Crippen LogP contribution in [0.15, 0.2) is 58.4 Å². The monoisotopic (exact) mass is 388 g/mol. The summed E-state index contributed by atoms with van der Waals surface area (Å²) in [7, 11) is 0. The van der Waals surface area contributed by atoms with Crippen molar-refractivity contribution in [3.63, 3.8) is 0 Å². The van der Waals surface area contributed by atoms with Crippen LogP contribution in [0.1, 0.15) is 16.7 Å². The minimum Gasteiger partial charge on any atom is -0.612 e. The van der Waals surface area contributed by atoms with Crippen molar-refractivity contribution in [1.82, 2.24) is 0 Å². The van der Waals surface area contributed by atoms with E-state index in [0.717, 1.165) is 22.2 Å². The van der Waals surface area contributed by atoms with Crippen LogP contribution in [-0.2, 0) is 23.1 Å². The highest BCUT2D eigenvalue weighted by Gasteiger charge is 2.30. The van der Waals surface area contributed by atoms with Gasteiger partial charge in [0.25, 0.3) is 0 Å². The van der Waals surface area contributed by atoms with Gasteiger partial charge in [-0.05, 0) is 47.1 Å². The summed E-state index contributed by atoms with van der Waals surface area (Å²) in [6, 6.07) is 12.2. The van der Waals surface area contributed by atoms with E-state index < -0.39 is 22.9 Å². The molecule has 0 amide bonds. The Morgan fingerprint density at radius 3 is 2.14 bits per heavy atom. The number of hydrogen-bond acceptors (Lipinski definition) is 1. The first-order valence-electron chi connectivity index (χ1n) is 6.32. The minimum atomic E-state index is -4.35. The Labute approximate surface area is 138 Å². The number of rotatable bonds is 4. The first-order chi connectivity index (χ1) is 10.3. The zero-order valence-electron chi connectivity index (χ0n) is 11.3. The summed E-state index contributed by atoms with van der Waals surface area (Å²) in [6.45, 7) is 0. The summed E-state index contributed by atoms with van der Waals surface area (Å²) >= 11 is 2.05. The van der Waals surface area contributed by atoms with E-state index in [2.05, 4.69) is 15.9 Å². The molecule has 0 bridgehead atoms. The van der Waals surface area contributed by atoms with E-state index in [1.165, 1.54) is 12.1 Å². The summed E-state index contributed by atoms with van der Waals surface area (Å²) in [5.41, 5.74) is 0.809. The van der Waals surface area contributed by atoms with Crippen molar-refractivity contribution in [3.05, 3.63) is 75.1 Å². The zero-order valence-corrected chi connectivity index (χ0v) is 13.7. The van der Waals surface area contributed by atoms with Gasteiger partial charge in [0.1, 0.15) is 11.2 Å². The third-order valence-corrected chi connectivity index (χ3v) is 4.46. The molecule has 0 saturated heterocycles. The topological polar surface area (TPSA) is 23.1 Å². The number of benzene rings is 2. The van der Waals surface area contributed by atoms with Gasteiger partial charge in [-0.1, -0.05) is 40.2 Å². The molecule has 116 valence electrons. The maximum atomic E-state index is 12.4. The van der Waals surface area contributed by atoms with Gasteiger partial charge in [-0.25, -0.2) is 0 Å². The second-order valence-electron chi connectivity index (χ2n) is 4.57. The molecule has 2 aromatic carbocycles. The smallest absolute Gasteiger partial charge is 0.416 e. The molecule has 0 saturated carbocycles. The lowest BCUT2D eigenvalue weighted by Gasteiger charge is -2.09. The van der Waals surface area contributed by atoms with E-state index in [1.807, 2.05) is 24.3 Å². The molecule has 0 heterocycles. The second-order valence-corrected chi connectivity index (χ2v) is 6.81. The average Bonchev–Trinajstić information content (AvgIpc) is 2.46. The molecular weight excluding hydrogens is 377 g/mol. The van der Waals surface area contributed by atoms with Crippen LogP contribution in [-0.4, -0.2) is 4.55 Å². The van der Waals surface area contributed by atoms with Crippen LogP contribution in [0.2, 0.25) is 0 Å². The molecule has 1 atom stereocenters. The quantitative estimate of drug-likeness (QED) is 0.644. The third kappa shape index (κ3) is 5.19. The molecule has 0 radical (unpaired) electrons. The molecule has 0 aliphatic heterocycles. The molecule has 6 heteroatoms. The summed E-state index contributed by atoms with van der Waals surface area (Å²) < 4.78 is 50.2. The van der Waals surface area contributed by atoms with Crippen molar-refractivity contribution in [2.45, 2.75) is 11.9 Å². The lowest BCUT2D eigenvalue weighted by atomic mass is 10.1. The van der Waals surface area contributed by atoms with Gasteiger partial charge in [0.05, 0.1) is 5.56 Å². The highest BCUT2D eigenvalue weighted by molar-refractivity contribution is 9.10. The standard InChI is InChI=1S/C16H12BrF3OS/c17-15-7-3-12(4-8-15)9-10-22(21)11-13-1-5-14(6-2-13)16(18,19)20/h1-10H,11H2/b10-9+. The molecule has 1 unspecified atom stereocenters. The largest absolute Gasteiger partial charge is 0.612 e. The van der Waals surface area contributed by atoms with Gasteiger partial charge in [0.2, 0.25) is 0 Å². The fraction of sp³-hybridized carbons (Fsp3) is 0.125. The van der Waals surface area contributed by atoms with E-state index in [9.17, 15) is 17.7 Å². The first kappa shape index (κ1) is 17.1. The number of hydrogen-bond donors (Lipinski definition) is 0. The molecule has 0 aliphatic rings. The SMILES string of the molecule is [O-][S+](/C=C/c1ccc(Br)cc1)Cc1ccc(C(F)(F)F)cc1. The predicted octanol–water partition coefficient (Wildman–Crippen LogP) is 5.39. The van der Waals surface area contributed by atoms with Crippen LogP contribution in [0.25, 0.3) is 6.08 Å². The lowest BCUT2D eigenvalue weighted by Crippen LogP contribution is -2.05. The fourth-order valence-electron chi connectivity index (χ4n) is 1.73. The van der Waals surface area contributed by atoms with E-state index in [0.29, 0.717) is 5.56 Å². The molecule has 0 aliphatic carbocycles. The van der Waals surface area contributed by atoms with Crippen molar-refractivity contribution < 1.29 is 17.7 Å². The lowest BCUT2D eigenvalue weighted by molar-refractivity contribution is -0.137. The molecular formula is C16H12BrF3OS. The summed E-state index contributed by atoms with van der Waals surface area (Å²) in [5.74, 6) is 0.186. The number of halogens is 4. The Kier molecular flexibility index (Phi) is 5.72. The van der Waals surface area contributed by atoms with Crippen molar-refractivity contribution in [2.75, 3.05) is 0 Å². The molecule has 0 N–H and O–H groups in total. The van der Waals surface area contributed by atoms with Crippen LogP contribution >= 0.6 is 15.9 Å². The van der Waals surface area contributed by atoms with E-state index in [4.69, 9.17) is 0 Å². The maximum Gasteiger partial charge on any atom is 0.416 e. The molecule has 2 aromatic rings. The zero-order chi connectivity index (χ0) is 16.2. The van der Waals surface area contributed by atoms with Crippen LogP contribution in [0.4, 0.5) is 13.2 Å². The third-order valence-electron chi connectivity index (χ3n) is 2.87. The fourth-order valence-corrected chi connectivity index (χ4v) is 2.92. The molecule has 0 aromatic heterocycles. The number of alkyl halides is 3. The average molecular weight is 389 g/mol. The van der Waals surface area contributed by atoms with Crippen LogP contribution in [0.3, 0.4) is 0 Å². The minimum absolute atomic E-state index is 0.186.